The number of hydrogen-bond acceptors (Lipinski definition) is 1. The van der Waals surface area contributed by atoms with Crippen LogP contribution in [0, 0.1) is 0 Å². The van der Waals surface area contributed by atoms with E-state index in [9.17, 15) is 0 Å². The Hall–Kier alpha value is -0.760. The zero-order valence-corrected chi connectivity index (χ0v) is 8.88. The standard InChI is InChI=1S/C11H20N2/c1-4-5-7-12-10(2)11-6-8-13(3)9-11/h6,8-10,12H,4-5,7H2,1-3H3. The summed E-state index contributed by atoms with van der Waals surface area (Å²) in [6, 6.07) is 2.65. The highest BCUT2D eigenvalue weighted by Gasteiger charge is 2.03. The molecule has 1 atom stereocenters. The lowest BCUT2D eigenvalue weighted by Crippen LogP contribution is -2.19. The van der Waals surface area contributed by atoms with Crippen molar-refractivity contribution in [3.63, 3.8) is 0 Å². The minimum Gasteiger partial charge on any atom is -0.357 e. The first-order valence-electron chi connectivity index (χ1n) is 5.09. The fourth-order valence-corrected chi connectivity index (χ4v) is 1.39. The summed E-state index contributed by atoms with van der Waals surface area (Å²) in [5, 5.41) is 3.50. The molecule has 1 unspecified atom stereocenters. The normalized spacial score (nSPS) is 13.2. The molecule has 0 aromatic carbocycles. The average molecular weight is 180 g/mol. The van der Waals surface area contributed by atoms with E-state index in [4.69, 9.17) is 0 Å². The van der Waals surface area contributed by atoms with Crippen molar-refractivity contribution in [2.24, 2.45) is 7.05 Å². The molecule has 13 heavy (non-hydrogen) atoms. The van der Waals surface area contributed by atoms with Crippen molar-refractivity contribution >= 4 is 0 Å². The highest BCUT2D eigenvalue weighted by atomic mass is 14.9. The molecule has 0 amide bonds. The maximum atomic E-state index is 3.50. The molecule has 1 aromatic heterocycles. The highest BCUT2D eigenvalue weighted by Crippen LogP contribution is 2.11. The van der Waals surface area contributed by atoms with Crippen LogP contribution in [0.5, 0.6) is 0 Å². The smallest absolute Gasteiger partial charge is 0.0306 e. The number of hydrogen-bond donors (Lipinski definition) is 1. The number of aromatic nitrogens is 1. The molecule has 1 N–H and O–H groups in total. The minimum absolute atomic E-state index is 0.479. The second-order valence-corrected chi connectivity index (χ2v) is 3.64. The van der Waals surface area contributed by atoms with E-state index >= 15 is 0 Å². The van der Waals surface area contributed by atoms with Gasteiger partial charge in [-0.1, -0.05) is 13.3 Å². The van der Waals surface area contributed by atoms with Gasteiger partial charge in [0.15, 0.2) is 0 Å². The van der Waals surface area contributed by atoms with Gasteiger partial charge < -0.3 is 9.88 Å². The van der Waals surface area contributed by atoms with Crippen LogP contribution in [-0.2, 0) is 7.05 Å². The van der Waals surface area contributed by atoms with Gasteiger partial charge in [-0.3, -0.25) is 0 Å². The Labute approximate surface area is 81.0 Å². The summed E-state index contributed by atoms with van der Waals surface area (Å²) in [4.78, 5) is 0. The molecule has 1 rings (SSSR count). The number of nitrogens with zero attached hydrogens (tertiary/aromatic N) is 1. The van der Waals surface area contributed by atoms with Crippen LogP contribution < -0.4 is 5.32 Å². The monoisotopic (exact) mass is 180 g/mol. The molecule has 1 heterocycles. The maximum absolute atomic E-state index is 3.50. The van der Waals surface area contributed by atoms with Crippen LogP contribution in [0.2, 0.25) is 0 Å². The maximum Gasteiger partial charge on any atom is 0.0306 e. The van der Waals surface area contributed by atoms with Gasteiger partial charge in [0.05, 0.1) is 0 Å². The molecular weight excluding hydrogens is 160 g/mol. The lowest BCUT2D eigenvalue weighted by molar-refractivity contribution is 0.554. The van der Waals surface area contributed by atoms with Crippen molar-refractivity contribution in [1.29, 1.82) is 0 Å². The molecular formula is C11H20N2. The van der Waals surface area contributed by atoms with E-state index in [1.165, 1.54) is 18.4 Å². The van der Waals surface area contributed by atoms with E-state index in [0.29, 0.717) is 6.04 Å². The van der Waals surface area contributed by atoms with E-state index in [1.54, 1.807) is 0 Å². The second-order valence-electron chi connectivity index (χ2n) is 3.64. The van der Waals surface area contributed by atoms with Crippen LogP contribution in [0.4, 0.5) is 0 Å². The first-order chi connectivity index (χ1) is 6.24. The van der Waals surface area contributed by atoms with Gasteiger partial charge in [0.2, 0.25) is 0 Å². The number of aryl methyl sites for hydroxylation is 1. The van der Waals surface area contributed by atoms with Gasteiger partial charge in [0.25, 0.3) is 0 Å². The summed E-state index contributed by atoms with van der Waals surface area (Å²) in [6.45, 7) is 5.55. The van der Waals surface area contributed by atoms with Crippen molar-refractivity contribution in [2.45, 2.75) is 32.7 Å². The molecule has 0 aliphatic rings. The van der Waals surface area contributed by atoms with Gasteiger partial charge in [-0.05, 0) is 31.5 Å². The molecule has 0 spiro atoms. The Balaban J connectivity index is 2.35. The van der Waals surface area contributed by atoms with Gasteiger partial charge in [-0.25, -0.2) is 0 Å². The summed E-state index contributed by atoms with van der Waals surface area (Å²) in [6.07, 6.45) is 6.78. The molecule has 0 saturated carbocycles. The third-order valence-corrected chi connectivity index (χ3v) is 2.34. The predicted molar refractivity (Wildman–Crippen MR) is 56.7 cm³/mol. The lowest BCUT2D eigenvalue weighted by Gasteiger charge is -2.11. The molecule has 0 saturated heterocycles. The number of unbranched alkanes of at least 4 members (excludes halogenated alkanes) is 1. The molecule has 0 aliphatic carbocycles. The molecule has 0 aliphatic heterocycles. The van der Waals surface area contributed by atoms with Crippen molar-refractivity contribution in [3.8, 4) is 0 Å². The van der Waals surface area contributed by atoms with Crippen molar-refractivity contribution in [2.75, 3.05) is 6.54 Å². The Kier molecular flexibility index (Phi) is 4.03. The van der Waals surface area contributed by atoms with Crippen LogP contribution in [0.3, 0.4) is 0 Å². The molecule has 74 valence electrons. The van der Waals surface area contributed by atoms with Crippen LogP contribution >= 0.6 is 0 Å². The second kappa shape index (κ2) is 5.07. The Morgan fingerprint density at radius 3 is 2.85 bits per heavy atom. The average Bonchev–Trinajstić information content (AvgIpc) is 2.52. The van der Waals surface area contributed by atoms with Gasteiger partial charge in [0, 0.05) is 25.5 Å². The topological polar surface area (TPSA) is 17.0 Å². The van der Waals surface area contributed by atoms with E-state index in [2.05, 4.69) is 49.2 Å². The molecule has 2 heteroatoms. The van der Waals surface area contributed by atoms with E-state index in [1.807, 2.05) is 0 Å². The van der Waals surface area contributed by atoms with Gasteiger partial charge in [-0.15, -0.1) is 0 Å². The summed E-state index contributed by atoms with van der Waals surface area (Å²) in [5.41, 5.74) is 1.37. The third kappa shape index (κ3) is 3.23. The Morgan fingerprint density at radius 1 is 1.54 bits per heavy atom. The van der Waals surface area contributed by atoms with Crippen LogP contribution in [0.1, 0.15) is 38.3 Å². The molecule has 0 radical (unpaired) electrons. The molecule has 1 aromatic rings. The molecule has 0 bridgehead atoms. The van der Waals surface area contributed by atoms with Crippen molar-refractivity contribution < 1.29 is 0 Å². The quantitative estimate of drug-likeness (QED) is 0.689. The summed E-state index contributed by atoms with van der Waals surface area (Å²) in [7, 11) is 2.06. The van der Waals surface area contributed by atoms with Crippen LogP contribution in [-0.4, -0.2) is 11.1 Å². The zero-order chi connectivity index (χ0) is 9.68. The highest BCUT2D eigenvalue weighted by molar-refractivity contribution is 5.14. The number of rotatable bonds is 5. The van der Waals surface area contributed by atoms with Crippen LogP contribution in [0.15, 0.2) is 18.5 Å². The Bertz CT molecular complexity index is 240. The Morgan fingerprint density at radius 2 is 2.31 bits per heavy atom. The predicted octanol–water partition coefficient (Wildman–Crippen LogP) is 2.48. The lowest BCUT2D eigenvalue weighted by atomic mass is 10.2. The molecule has 0 fully saturated rings. The summed E-state index contributed by atoms with van der Waals surface area (Å²) < 4.78 is 2.09. The van der Waals surface area contributed by atoms with Crippen molar-refractivity contribution in [3.05, 3.63) is 24.0 Å². The minimum atomic E-state index is 0.479. The number of nitrogens with one attached hydrogen (secondary N) is 1. The fraction of sp³-hybridized carbons (Fsp3) is 0.636. The first kappa shape index (κ1) is 10.3. The van der Waals surface area contributed by atoms with E-state index < -0.39 is 0 Å². The van der Waals surface area contributed by atoms with Crippen molar-refractivity contribution in [1.82, 2.24) is 9.88 Å². The van der Waals surface area contributed by atoms with E-state index in [0.717, 1.165) is 6.54 Å². The first-order valence-corrected chi connectivity index (χ1v) is 5.09. The summed E-state index contributed by atoms with van der Waals surface area (Å²) >= 11 is 0. The van der Waals surface area contributed by atoms with E-state index in [-0.39, 0.29) is 0 Å². The largest absolute Gasteiger partial charge is 0.357 e. The molecule has 2 nitrogen and oxygen atoms in total. The van der Waals surface area contributed by atoms with Gasteiger partial charge in [0.1, 0.15) is 0 Å². The SMILES string of the molecule is CCCCNC(C)c1ccn(C)c1. The van der Waals surface area contributed by atoms with Gasteiger partial charge >= 0.3 is 0 Å². The third-order valence-electron chi connectivity index (χ3n) is 2.34. The fourth-order valence-electron chi connectivity index (χ4n) is 1.39. The van der Waals surface area contributed by atoms with Crippen LogP contribution in [0.25, 0.3) is 0 Å². The summed E-state index contributed by atoms with van der Waals surface area (Å²) in [5.74, 6) is 0. The zero-order valence-electron chi connectivity index (χ0n) is 8.88. The van der Waals surface area contributed by atoms with Gasteiger partial charge in [-0.2, -0.15) is 0 Å².